The first kappa shape index (κ1) is 13.8. The molecular formula is C12H16N2O4. The lowest BCUT2D eigenvalue weighted by molar-refractivity contribution is -0.141. The average Bonchev–Trinajstić information content (AvgIpc) is 2.28. The maximum atomic E-state index is 11.3. The van der Waals surface area contributed by atoms with Crippen molar-refractivity contribution in [1.82, 2.24) is 0 Å². The SMILES string of the molecule is CCOC(=O)CN(C)c1ccc(N)cc1C(=O)O. The summed E-state index contributed by atoms with van der Waals surface area (Å²) in [6.07, 6.45) is 0. The third-order valence-electron chi connectivity index (χ3n) is 2.33. The van der Waals surface area contributed by atoms with Crippen molar-refractivity contribution in [2.75, 3.05) is 30.8 Å². The van der Waals surface area contributed by atoms with Gasteiger partial charge in [0, 0.05) is 12.7 Å². The van der Waals surface area contributed by atoms with Crippen LogP contribution in [-0.4, -0.2) is 37.2 Å². The number of carbonyl (C=O) groups is 2. The van der Waals surface area contributed by atoms with Crippen molar-refractivity contribution in [2.24, 2.45) is 0 Å². The van der Waals surface area contributed by atoms with Crippen molar-refractivity contribution in [1.29, 1.82) is 0 Å². The summed E-state index contributed by atoms with van der Waals surface area (Å²) in [7, 11) is 1.62. The number of carboxylic acid groups (broad SMARTS) is 1. The van der Waals surface area contributed by atoms with Crippen LogP contribution in [0.15, 0.2) is 18.2 Å². The number of carboxylic acids is 1. The molecule has 0 unspecified atom stereocenters. The standard InChI is InChI=1S/C12H16N2O4/c1-3-18-11(15)7-14(2)10-5-4-8(13)6-9(10)12(16)17/h4-6H,3,7,13H2,1-2H3,(H,16,17). The van der Waals surface area contributed by atoms with Gasteiger partial charge in [0.1, 0.15) is 6.54 Å². The first-order chi connectivity index (χ1) is 8.45. The molecule has 3 N–H and O–H groups in total. The Balaban J connectivity index is 2.94. The number of aromatic carboxylic acids is 1. The van der Waals surface area contributed by atoms with Gasteiger partial charge >= 0.3 is 11.9 Å². The van der Waals surface area contributed by atoms with E-state index in [1.807, 2.05) is 0 Å². The third kappa shape index (κ3) is 3.38. The zero-order chi connectivity index (χ0) is 13.7. The molecule has 0 atom stereocenters. The van der Waals surface area contributed by atoms with Crippen LogP contribution >= 0.6 is 0 Å². The van der Waals surface area contributed by atoms with E-state index in [-0.39, 0.29) is 12.1 Å². The number of ether oxygens (including phenoxy) is 1. The minimum absolute atomic E-state index is 0.0158. The highest BCUT2D eigenvalue weighted by Gasteiger charge is 2.16. The molecule has 1 aromatic rings. The van der Waals surface area contributed by atoms with Crippen LogP contribution in [0.3, 0.4) is 0 Å². The Morgan fingerprint density at radius 3 is 2.67 bits per heavy atom. The molecule has 0 aliphatic carbocycles. The van der Waals surface area contributed by atoms with Crippen molar-refractivity contribution >= 4 is 23.3 Å². The summed E-state index contributed by atoms with van der Waals surface area (Å²) in [6.45, 7) is 1.99. The Bertz CT molecular complexity index is 459. The molecule has 6 heteroatoms. The fraction of sp³-hybridized carbons (Fsp3) is 0.333. The van der Waals surface area contributed by atoms with E-state index in [0.717, 1.165) is 0 Å². The number of anilines is 2. The Kier molecular flexibility index (Phi) is 4.53. The Hall–Kier alpha value is -2.24. The largest absolute Gasteiger partial charge is 0.478 e. The van der Waals surface area contributed by atoms with Gasteiger partial charge in [-0.05, 0) is 25.1 Å². The summed E-state index contributed by atoms with van der Waals surface area (Å²) in [5.74, 6) is -1.50. The third-order valence-corrected chi connectivity index (χ3v) is 2.33. The quantitative estimate of drug-likeness (QED) is 0.599. The number of likely N-dealkylation sites (N-methyl/N-ethyl adjacent to an activating group) is 1. The highest BCUT2D eigenvalue weighted by Crippen LogP contribution is 2.22. The second-order valence-corrected chi connectivity index (χ2v) is 3.74. The van der Waals surface area contributed by atoms with Crippen molar-refractivity contribution in [3.05, 3.63) is 23.8 Å². The first-order valence-corrected chi connectivity index (χ1v) is 5.45. The van der Waals surface area contributed by atoms with E-state index in [0.29, 0.717) is 18.0 Å². The zero-order valence-corrected chi connectivity index (χ0v) is 10.3. The van der Waals surface area contributed by atoms with Crippen molar-refractivity contribution in [2.45, 2.75) is 6.92 Å². The molecule has 1 rings (SSSR count). The molecule has 0 aromatic heterocycles. The van der Waals surface area contributed by atoms with Gasteiger partial charge in [-0.1, -0.05) is 0 Å². The average molecular weight is 252 g/mol. The van der Waals surface area contributed by atoms with Crippen LogP contribution in [0.2, 0.25) is 0 Å². The molecule has 98 valence electrons. The summed E-state index contributed by atoms with van der Waals surface area (Å²) in [5, 5.41) is 9.08. The second kappa shape index (κ2) is 5.90. The number of carbonyl (C=O) groups excluding carboxylic acids is 1. The molecule has 18 heavy (non-hydrogen) atoms. The Morgan fingerprint density at radius 2 is 2.11 bits per heavy atom. The second-order valence-electron chi connectivity index (χ2n) is 3.74. The van der Waals surface area contributed by atoms with E-state index in [1.54, 1.807) is 26.1 Å². The lowest BCUT2D eigenvalue weighted by atomic mass is 10.1. The Morgan fingerprint density at radius 1 is 1.44 bits per heavy atom. The zero-order valence-electron chi connectivity index (χ0n) is 10.3. The van der Waals surface area contributed by atoms with Crippen LogP contribution in [0, 0.1) is 0 Å². The normalized spacial score (nSPS) is 9.89. The van der Waals surface area contributed by atoms with Crippen LogP contribution in [-0.2, 0) is 9.53 Å². The predicted molar refractivity (Wildman–Crippen MR) is 67.7 cm³/mol. The highest BCUT2D eigenvalue weighted by atomic mass is 16.5. The van der Waals surface area contributed by atoms with E-state index in [2.05, 4.69) is 0 Å². The van der Waals surface area contributed by atoms with Crippen LogP contribution in [0.5, 0.6) is 0 Å². The van der Waals surface area contributed by atoms with Crippen LogP contribution in [0.25, 0.3) is 0 Å². The fourth-order valence-electron chi connectivity index (χ4n) is 1.54. The molecule has 0 spiro atoms. The van der Waals surface area contributed by atoms with E-state index in [4.69, 9.17) is 15.6 Å². The number of hydrogen-bond acceptors (Lipinski definition) is 5. The minimum atomic E-state index is -1.09. The Labute approximate surface area is 105 Å². The number of nitrogens with two attached hydrogens (primary N) is 1. The highest BCUT2D eigenvalue weighted by molar-refractivity contribution is 5.96. The van der Waals surface area contributed by atoms with Gasteiger partial charge in [-0.3, -0.25) is 4.79 Å². The van der Waals surface area contributed by atoms with Gasteiger partial charge in [-0.2, -0.15) is 0 Å². The van der Waals surface area contributed by atoms with Crippen LogP contribution < -0.4 is 10.6 Å². The molecule has 0 heterocycles. The molecule has 0 saturated carbocycles. The number of nitrogens with zero attached hydrogens (tertiary/aromatic N) is 1. The van der Waals surface area contributed by atoms with Crippen molar-refractivity contribution < 1.29 is 19.4 Å². The van der Waals surface area contributed by atoms with Gasteiger partial charge in [0.25, 0.3) is 0 Å². The monoisotopic (exact) mass is 252 g/mol. The maximum absolute atomic E-state index is 11.3. The van der Waals surface area contributed by atoms with Gasteiger partial charge in [-0.15, -0.1) is 0 Å². The van der Waals surface area contributed by atoms with Gasteiger partial charge in [0.15, 0.2) is 0 Å². The number of esters is 1. The summed E-state index contributed by atoms with van der Waals surface area (Å²) < 4.78 is 4.81. The van der Waals surface area contributed by atoms with Crippen molar-refractivity contribution in [3.8, 4) is 0 Å². The molecule has 0 aliphatic heterocycles. The molecule has 0 radical (unpaired) electrons. The molecule has 6 nitrogen and oxygen atoms in total. The van der Waals surface area contributed by atoms with E-state index in [1.165, 1.54) is 11.0 Å². The lowest BCUT2D eigenvalue weighted by Crippen LogP contribution is -2.28. The number of benzene rings is 1. The molecular weight excluding hydrogens is 236 g/mol. The predicted octanol–water partition coefficient (Wildman–Crippen LogP) is 0.966. The topological polar surface area (TPSA) is 92.9 Å². The lowest BCUT2D eigenvalue weighted by Gasteiger charge is -2.20. The van der Waals surface area contributed by atoms with E-state index >= 15 is 0 Å². The summed E-state index contributed by atoms with van der Waals surface area (Å²) in [5.41, 5.74) is 6.38. The molecule has 0 bridgehead atoms. The van der Waals surface area contributed by atoms with E-state index < -0.39 is 11.9 Å². The molecule has 0 saturated heterocycles. The molecule has 0 amide bonds. The molecule has 1 aromatic carbocycles. The minimum Gasteiger partial charge on any atom is -0.478 e. The summed E-state index contributed by atoms with van der Waals surface area (Å²) in [6, 6.07) is 4.51. The van der Waals surface area contributed by atoms with Gasteiger partial charge in [-0.25, -0.2) is 4.79 Å². The molecule has 0 aliphatic rings. The van der Waals surface area contributed by atoms with Crippen LogP contribution in [0.1, 0.15) is 17.3 Å². The van der Waals surface area contributed by atoms with Gasteiger partial charge < -0.3 is 20.5 Å². The van der Waals surface area contributed by atoms with Gasteiger partial charge in [0.2, 0.25) is 0 Å². The summed E-state index contributed by atoms with van der Waals surface area (Å²) >= 11 is 0. The summed E-state index contributed by atoms with van der Waals surface area (Å²) in [4.78, 5) is 23.9. The number of nitrogen functional groups attached to an aromatic ring is 1. The van der Waals surface area contributed by atoms with E-state index in [9.17, 15) is 9.59 Å². The molecule has 0 fully saturated rings. The fourth-order valence-corrected chi connectivity index (χ4v) is 1.54. The van der Waals surface area contributed by atoms with Crippen molar-refractivity contribution in [3.63, 3.8) is 0 Å². The van der Waals surface area contributed by atoms with Crippen LogP contribution in [0.4, 0.5) is 11.4 Å². The van der Waals surface area contributed by atoms with Gasteiger partial charge in [0.05, 0.1) is 17.9 Å². The number of rotatable bonds is 5. The number of hydrogen-bond donors (Lipinski definition) is 2. The maximum Gasteiger partial charge on any atom is 0.337 e. The first-order valence-electron chi connectivity index (χ1n) is 5.45. The smallest absolute Gasteiger partial charge is 0.337 e.